The lowest BCUT2D eigenvalue weighted by Gasteiger charge is -2.47. The molecule has 0 radical (unpaired) electrons. The molecule has 2 bridgehead atoms. The third-order valence-electron chi connectivity index (χ3n) is 6.00. The van der Waals surface area contributed by atoms with Crippen molar-refractivity contribution in [1.82, 2.24) is 20.4 Å². The molecule has 4 rings (SSSR count). The van der Waals surface area contributed by atoms with E-state index in [4.69, 9.17) is 4.74 Å². The van der Waals surface area contributed by atoms with Crippen LogP contribution in [0.2, 0.25) is 0 Å². The van der Waals surface area contributed by atoms with Gasteiger partial charge in [-0.25, -0.2) is 0 Å². The molecular formula is C17H34IN5O. The Kier molecular flexibility index (Phi) is 8.03. The first-order chi connectivity index (χ1) is 11.2. The Morgan fingerprint density at radius 3 is 2.46 bits per heavy atom. The number of hydrogen-bond acceptors (Lipinski definition) is 4. The van der Waals surface area contributed by atoms with E-state index in [0.29, 0.717) is 11.5 Å². The van der Waals surface area contributed by atoms with E-state index >= 15 is 0 Å². The first-order valence-electron chi connectivity index (χ1n) is 9.14. The Morgan fingerprint density at radius 2 is 1.96 bits per heavy atom. The fourth-order valence-corrected chi connectivity index (χ4v) is 4.14. The molecule has 3 saturated heterocycles. The molecule has 0 aromatic rings. The minimum Gasteiger partial charge on any atom is -0.385 e. The fraction of sp³-hybridized carbons (Fsp3) is 0.941. The van der Waals surface area contributed by atoms with Crippen LogP contribution in [0.3, 0.4) is 0 Å². The second kappa shape index (κ2) is 9.54. The van der Waals surface area contributed by atoms with Gasteiger partial charge >= 0.3 is 0 Å². The molecule has 4 fully saturated rings. The molecule has 2 N–H and O–H groups in total. The highest BCUT2D eigenvalue weighted by molar-refractivity contribution is 14.0. The van der Waals surface area contributed by atoms with Gasteiger partial charge in [-0.2, -0.15) is 0 Å². The summed E-state index contributed by atoms with van der Waals surface area (Å²) in [5.41, 5.74) is 0.423. The summed E-state index contributed by atoms with van der Waals surface area (Å²) in [6.45, 7) is 8.98. The number of halogens is 1. The summed E-state index contributed by atoms with van der Waals surface area (Å²) in [5, 5.41) is 7.10. The molecule has 6 nitrogen and oxygen atoms in total. The van der Waals surface area contributed by atoms with Gasteiger partial charge in [0.2, 0.25) is 0 Å². The van der Waals surface area contributed by atoms with E-state index in [0.717, 1.165) is 32.1 Å². The standard InChI is InChI=1S/C17H33N5O.HI/c1-18-16(20-14-17(4-3-5-17)6-11-23-2)19-12-15-13-21-7-9-22(15)10-8-21;/h15H,3-14H2,1-2H3,(H2,18,19,20);1H. The zero-order valence-corrected chi connectivity index (χ0v) is 17.6. The average molecular weight is 451 g/mol. The number of rotatable bonds is 7. The second-order valence-corrected chi connectivity index (χ2v) is 7.39. The van der Waals surface area contributed by atoms with Crippen molar-refractivity contribution in [3.63, 3.8) is 0 Å². The van der Waals surface area contributed by atoms with Crippen LogP contribution in [0.25, 0.3) is 0 Å². The van der Waals surface area contributed by atoms with Crippen molar-refractivity contribution >= 4 is 29.9 Å². The monoisotopic (exact) mass is 451 g/mol. The lowest BCUT2D eigenvalue weighted by Crippen LogP contribution is -2.64. The molecule has 3 aliphatic heterocycles. The van der Waals surface area contributed by atoms with E-state index in [1.807, 2.05) is 7.05 Å². The normalized spacial score (nSPS) is 31.1. The molecule has 140 valence electrons. The Morgan fingerprint density at radius 1 is 1.21 bits per heavy atom. The number of nitrogens with one attached hydrogen (secondary N) is 2. The SMILES string of the molecule is CN=C(NCC1CN2CCN1CC2)NCC1(CCOC)CCC1.I. The second-order valence-electron chi connectivity index (χ2n) is 7.39. The van der Waals surface area contributed by atoms with Crippen LogP contribution < -0.4 is 10.6 Å². The summed E-state index contributed by atoms with van der Waals surface area (Å²) < 4.78 is 5.28. The van der Waals surface area contributed by atoms with E-state index in [1.165, 1.54) is 52.0 Å². The Labute approximate surface area is 163 Å². The van der Waals surface area contributed by atoms with Crippen molar-refractivity contribution in [2.45, 2.75) is 31.7 Å². The van der Waals surface area contributed by atoms with Gasteiger partial charge in [0.25, 0.3) is 0 Å². The third kappa shape index (κ3) is 4.95. The van der Waals surface area contributed by atoms with Crippen molar-refractivity contribution in [3.8, 4) is 0 Å². The zero-order chi connectivity index (χ0) is 16.1. The van der Waals surface area contributed by atoms with Crippen LogP contribution in [0.5, 0.6) is 0 Å². The lowest BCUT2D eigenvalue weighted by atomic mass is 9.67. The number of ether oxygens (including phenoxy) is 1. The molecule has 0 spiro atoms. The molecule has 4 aliphatic rings. The Bertz CT molecular complexity index is 408. The number of fused-ring (bicyclic) bond motifs is 3. The van der Waals surface area contributed by atoms with Crippen LogP contribution in [0.4, 0.5) is 0 Å². The van der Waals surface area contributed by atoms with Crippen LogP contribution in [0, 0.1) is 5.41 Å². The van der Waals surface area contributed by atoms with E-state index in [2.05, 4.69) is 25.4 Å². The van der Waals surface area contributed by atoms with Gasteiger partial charge in [-0.1, -0.05) is 6.42 Å². The lowest BCUT2D eigenvalue weighted by molar-refractivity contribution is 0.0153. The van der Waals surface area contributed by atoms with Gasteiger partial charge in [-0.05, 0) is 24.7 Å². The summed E-state index contributed by atoms with van der Waals surface area (Å²) in [7, 11) is 3.66. The van der Waals surface area contributed by atoms with Gasteiger partial charge in [0.15, 0.2) is 5.96 Å². The Balaban J connectivity index is 0.00000208. The number of nitrogens with zero attached hydrogens (tertiary/aromatic N) is 3. The number of piperazine rings is 3. The van der Waals surface area contributed by atoms with Crippen LogP contribution >= 0.6 is 24.0 Å². The maximum atomic E-state index is 5.28. The highest BCUT2D eigenvalue weighted by Crippen LogP contribution is 2.43. The first kappa shape index (κ1) is 20.2. The number of methoxy groups -OCH3 is 1. The minimum atomic E-state index is 0. The van der Waals surface area contributed by atoms with Gasteiger partial charge in [0, 0.05) is 72.6 Å². The quantitative estimate of drug-likeness (QED) is 0.344. The van der Waals surface area contributed by atoms with Crippen molar-refractivity contribution in [3.05, 3.63) is 0 Å². The van der Waals surface area contributed by atoms with Crippen LogP contribution in [-0.2, 0) is 4.74 Å². The zero-order valence-electron chi connectivity index (χ0n) is 15.2. The molecule has 0 aromatic heterocycles. The van der Waals surface area contributed by atoms with Gasteiger partial charge in [-0.15, -0.1) is 24.0 Å². The number of aliphatic imine (C=N–C) groups is 1. The number of hydrogen-bond donors (Lipinski definition) is 2. The van der Waals surface area contributed by atoms with Gasteiger partial charge in [-0.3, -0.25) is 14.8 Å². The maximum Gasteiger partial charge on any atom is 0.191 e. The summed E-state index contributed by atoms with van der Waals surface area (Å²) in [4.78, 5) is 9.60. The smallest absolute Gasteiger partial charge is 0.191 e. The van der Waals surface area contributed by atoms with E-state index < -0.39 is 0 Å². The van der Waals surface area contributed by atoms with E-state index in [9.17, 15) is 0 Å². The molecule has 1 aliphatic carbocycles. The molecule has 0 aromatic carbocycles. The maximum absolute atomic E-state index is 5.28. The van der Waals surface area contributed by atoms with Crippen molar-refractivity contribution < 1.29 is 4.74 Å². The van der Waals surface area contributed by atoms with Crippen LogP contribution in [0.1, 0.15) is 25.7 Å². The largest absolute Gasteiger partial charge is 0.385 e. The average Bonchev–Trinajstić information content (AvgIpc) is 2.57. The van der Waals surface area contributed by atoms with Crippen molar-refractivity contribution in [2.75, 3.05) is 66.6 Å². The summed E-state index contributed by atoms with van der Waals surface area (Å²) in [5.74, 6) is 0.950. The topological polar surface area (TPSA) is 52.1 Å². The first-order valence-corrected chi connectivity index (χ1v) is 9.14. The highest BCUT2D eigenvalue weighted by atomic mass is 127. The van der Waals surface area contributed by atoms with Crippen LogP contribution in [0.15, 0.2) is 4.99 Å². The Hall–Kier alpha value is -0.120. The van der Waals surface area contributed by atoms with Crippen molar-refractivity contribution in [2.24, 2.45) is 10.4 Å². The number of guanidine groups is 1. The molecule has 7 heteroatoms. The van der Waals surface area contributed by atoms with Gasteiger partial charge in [0.1, 0.15) is 0 Å². The molecular weight excluding hydrogens is 417 g/mol. The van der Waals surface area contributed by atoms with E-state index in [-0.39, 0.29) is 24.0 Å². The van der Waals surface area contributed by atoms with Crippen molar-refractivity contribution in [1.29, 1.82) is 0 Å². The predicted octanol–water partition coefficient (Wildman–Crippen LogP) is 0.976. The molecule has 3 heterocycles. The molecule has 1 saturated carbocycles. The third-order valence-corrected chi connectivity index (χ3v) is 6.00. The summed E-state index contributed by atoms with van der Waals surface area (Å²) in [6.07, 6.45) is 5.13. The highest BCUT2D eigenvalue weighted by Gasteiger charge is 2.36. The van der Waals surface area contributed by atoms with Gasteiger partial charge in [0.05, 0.1) is 0 Å². The minimum absolute atomic E-state index is 0. The molecule has 0 amide bonds. The van der Waals surface area contributed by atoms with E-state index in [1.54, 1.807) is 7.11 Å². The molecule has 1 unspecified atom stereocenters. The predicted molar refractivity (Wildman–Crippen MR) is 109 cm³/mol. The van der Waals surface area contributed by atoms with Gasteiger partial charge < -0.3 is 15.4 Å². The van der Waals surface area contributed by atoms with Crippen LogP contribution in [-0.4, -0.2) is 88.4 Å². The summed E-state index contributed by atoms with van der Waals surface area (Å²) >= 11 is 0. The molecule has 24 heavy (non-hydrogen) atoms. The summed E-state index contributed by atoms with van der Waals surface area (Å²) in [6, 6.07) is 0.627. The molecule has 1 atom stereocenters. The fourth-order valence-electron chi connectivity index (χ4n) is 4.14.